The van der Waals surface area contributed by atoms with Gasteiger partial charge in [0.2, 0.25) is 0 Å². The van der Waals surface area contributed by atoms with Gasteiger partial charge in [-0.3, -0.25) is 4.79 Å². The van der Waals surface area contributed by atoms with E-state index in [1.54, 1.807) is 0 Å². The molecule has 3 heterocycles. The van der Waals surface area contributed by atoms with Gasteiger partial charge in [0, 0.05) is 72.7 Å². The Morgan fingerprint density at radius 2 is 1.04 bits per heavy atom. The molecule has 2 aromatic carbocycles. The number of ketones is 1. The van der Waals surface area contributed by atoms with Gasteiger partial charge in [-0.15, -0.1) is 0 Å². The maximum absolute atomic E-state index is 14.4. The van der Waals surface area contributed by atoms with Crippen LogP contribution in [0.4, 0.5) is 11.4 Å². The first-order valence-corrected chi connectivity index (χ1v) is 16.5. The fourth-order valence-corrected chi connectivity index (χ4v) is 6.77. The third-order valence-electron chi connectivity index (χ3n) is 9.13. The van der Waals surface area contributed by atoms with Crippen LogP contribution in [-0.4, -0.2) is 77.4 Å². The zero-order valence-corrected chi connectivity index (χ0v) is 27.0. The third kappa shape index (κ3) is 6.75. The molecule has 1 aliphatic carbocycles. The number of Topliss-reactive ketones (excluding diaryl/α,β-unsaturated/α-hetero) is 1. The Labute approximate surface area is 266 Å². The van der Waals surface area contributed by atoms with Crippen LogP contribution in [0.2, 0.25) is 0 Å². The lowest BCUT2D eigenvalue weighted by molar-refractivity contribution is -0.161. The van der Waals surface area contributed by atoms with E-state index in [0.717, 1.165) is 59.8 Å². The van der Waals surface area contributed by atoms with Gasteiger partial charge in [-0.1, -0.05) is 12.1 Å². The predicted octanol–water partition coefficient (Wildman–Crippen LogP) is 6.04. The Kier molecular flexibility index (Phi) is 10.0. The second-order valence-corrected chi connectivity index (χ2v) is 11.7. The average molecular weight is 619 g/mol. The summed E-state index contributed by atoms with van der Waals surface area (Å²) in [5, 5.41) is 0. The minimum absolute atomic E-state index is 0.0142. The zero-order chi connectivity index (χ0) is 31.4. The molecule has 0 radical (unpaired) electrons. The van der Waals surface area contributed by atoms with E-state index >= 15 is 0 Å². The molecular formula is C36H46N2O7. The summed E-state index contributed by atoms with van der Waals surface area (Å²) in [6.07, 6.45) is 3.77. The summed E-state index contributed by atoms with van der Waals surface area (Å²) >= 11 is 0. The van der Waals surface area contributed by atoms with E-state index in [-0.39, 0.29) is 5.78 Å². The summed E-state index contributed by atoms with van der Waals surface area (Å²) in [6, 6.07) is 12.6. The van der Waals surface area contributed by atoms with Crippen molar-refractivity contribution < 1.29 is 33.2 Å². The number of rotatable bonds is 10. The standard InChI is InChI=1S/C36H46N2O7/c1-5-37(6-2)29-9-11-31(34-40-13-14-41-34)25(21-29)19-27-23-36(44-17-18-45-36)24-28(33(27)39)20-26-22-30(38(7-3)8-4)10-12-32(26)35-42-15-16-43-35/h9-12,19-22,34-35H,5-8,13-18,23-24H2,1-4H3/b27-19+,28-20+. The molecule has 4 aliphatic rings. The van der Waals surface area contributed by atoms with Gasteiger partial charge >= 0.3 is 0 Å². The van der Waals surface area contributed by atoms with Crippen molar-refractivity contribution in [1.29, 1.82) is 0 Å². The minimum Gasteiger partial charge on any atom is -0.372 e. The van der Waals surface area contributed by atoms with Crippen molar-refractivity contribution in [2.45, 2.75) is 58.9 Å². The van der Waals surface area contributed by atoms with Gasteiger partial charge in [-0.05, 0) is 75.2 Å². The summed E-state index contributed by atoms with van der Waals surface area (Å²) in [5.74, 6) is -0.904. The first-order chi connectivity index (χ1) is 22.0. The van der Waals surface area contributed by atoms with Crippen LogP contribution < -0.4 is 9.80 Å². The number of benzene rings is 2. The molecule has 0 aromatic heterocycles. The summed E-state index contributed by atoms with van der Waals surface area (Å²) in [6.45, 7) is 15.2. The van der Waals surface area contributed by atoms with Gasteiger partial charge < -0.3 is 38.2 Å². The zero-order valence-electron chi connectivity index (χ0n) is 27.0. The van der Waals surface area contributed by atoms with Crippen molar-refractivity contribution in [3.8, 4) is 0 Å². The lowest BCUT2D eigenvalue weighted by atomic mass is 9.82. The highest BCUT2D eigenvalue weighted by atomic mass is 16.7. The van der Waals surface area contributed by atoms with E-state index in [4.69, 9.17) is 28.4 Å². The fourth-order valence-electron chi connectivity index (χ4n) is 6.77. The number of hydrogen-bond donors (Lipinski definition) is 0. The SMILES string of the molecule is CCN(CC)c1ccc(C2OCCO2)c(/C=C2\CC3(C/C(=C\c4cc(N(CC)CC)ccc4C4OCCO4)C2=O)OCCO3)c1. The number of nitrogens with zero attached hydrogens (tertiary/aromatic N) is 2. The Bertz CT molecular complexity index is 1310. The van der Waals surface area contributed by atoms with Gasteiger partial charge in [-0.25, -0.2) is 0 Å². The molecule has 0 atom stereocenters. The van der Waals surface area contributed by atoms with Crippen LogP contribution in [0.1, 0.15) is 75.4 Å². The number of carbonyl (C=O) groups excluding carboxylic acids is 1. The summed E-state index contributed by atoms with van der Waals surface area (Å²) < 4.78 is 36.2. The average Bonchev–Trinajstić information content (AvgIpc) is 3.86. The topological polar surface area (TPSA) is 78.9 Å². The van der Waals surface area contributed by atoms with Gasteiger partial charge in [0.25, 0.3) is 0 Å². The molecule has 0 unspecified atom stereocenters. The quantitative estimate of drug-likeness (QED) is 0.296. The van der Waals surface area contributed by atoms with Crippen LogP contribution in [-0.2, 0) is 33.2 Å². The third-order valence-corrected chi connectivity index (χ3v) is 9.13. The normalized spacial score (nSPS) is 22.4. The Morgan fingerprint density at radius 1 is 0.644 bits per heavy atom. The molecule has 2 aromatic rings. The van der Waals surface area contributed by atoms with Crippen molar-refractivity contribution in [1.82, 2.24) is 0 Å². The number of hydrogen-bond acceptors (Lipinski definition) is 9. The van der Waals surface area contributed by atoms with Crippen LogP contribution in [0.25, 0.3) is 12.2 Å². The highest BCUT2D eigenvalue weighted by molar-refractivity contribution is 6.14. The van der Waals surface area contributed by atoms with Gasteiger partial charge in [0.1, 0.15) is 0 Å². The first kappa shape index (κ1) is 31.9. The molecule has 1 saturated carbocycles. The molecule has 1 spiro atoms. The molecule has 9 nitrogen and oxygen atoms in total. The minimum atomic E-state index is -0.889. The summed E-state index contributed by atoms with van der Waals surface area (Å²) in [7, 11) is 0. The number of carbonyl (C=O) groups is 1. The Morgan fingerprint density at radius 3 is 1.42 bits per heavy atom. The Hall–Kier alpha value is -3.05. The van der Waals surface area contributed by atoms with E-state index < -0.39 is 18.4 Å². The van der Waals surface area contributed by atoms with E-state index in [1.807, 2.05) is 12.2 Å². The first-order valence-electron chi connectivity index (χ1n) is 16.5. The lowest BCUT2D eigenvalue weighted by Crippen LogP contribution is -2.38. The molecule has 4 fully saturated rings. The van der Waals surface area contributed by atoms with E-state index in [9.17, 15) is 4.79 Å². The molecule has 45 heavy (non-hydrogen) atoms. The van der Waals surface area contributed by atoms with Gasteiger partial charge in [0.15, 0.2) is 24.2 Å². The van der Waals surface area contributed by atoms with Gasteiger partial charge in [-0.2, -0.15) is 0 Å². The largest absolute Gasteiger partial charge is 0.372 e. The van der Waals surface area contributed by atoms with Crippen LogP contribution >= 0.6 is 0 Å². The fraction of sp³-hybridized carbons (Fsp3) is 0.528. The monoisotopic (exact) mass is 618 g/mol. The van der Waals surface area contributed by atoms with E-state index in [2.05, 4.69) is 73.9 Å². The van der Waals surface area contributed by atoms with Crippen molar-refractivity contribution in [3.05, 3.63) is 69.8 Å². The van der Waals surface area contributed by atoms with Crippen molar-refractivity contribution in [2.75, 3.05) is 75.6 Å². The van der Waals surface area contributed by atoms with Crippen LogP contribution in [0.15, 0.2) is 47.5 Å². The molecule has 6 rings (SSSR count). The van der Waals surface area contributed by atoms with Crippen molar-refractivity contribution in [3.63, 3.8) is 0 Å². The molecule has 9 heteroatoms. The van der Waals surface area contributed by atoms with Crippen LogP contribution in [0.3, 0.4) is 0 Å². The number of anilines is 2. The summed E-state index contributed by atoms with van der Waals surface area (Å²) in [4.78, 5) is 19.0. The van der Waals surface area contributed by atoms with Crippen LogP contribution in [0, 0.1) is 0 Å². The smallest absolute Gasteiger partial charge is 0.185 e. The van der Waals surface area contributed by atoms with E-state index in [1.165, 1.54) is 0 Å². The molecule has 0 bridgehead atoms. The Balaban J connectivity index is 1.45. The lowest BCUT2D eigenvalue weighted by Gasteiger charge is -2.34. The number of ether oxygens (including phenoxy) is 6. The molecule has 0 amide bonds. The molecule has 3 aliphatic heterocycles. The molecule has 0 N–H and O–H groups in total. The maximum atomic E-state index is 14.4. The van der Waals surface area contributed by atoms with Crippen molar-refractivity contribution >= 4 is 29.3 Å². The molecular weight excluding hydrogens is 572 g/mol. The maximum Gasteiger partial charge on any atom is 0.185 e. The summed E-state index contributed by atoms with van der Waals surface area (Å²) in [5.41, 5.74) is 7.08. The predicted molar refractivity (Wildman–Crippen MR) is 174 cm³/mol. The second-order valence-electron chi connectivity index (χ2n) is 11.7. The highest BCUT2D eigenvalue weighted by Gasteiger charge is 2.45. The second kappa shape index (κ2) is 14.2. The van der Waals surface area contributed by atoms with E-state index in [0.29, 0.717) is 63.6 Å². The van der Waals surface area contributed by atoms with Crippen molar-refractivity contribution in [2.24, 2.45) is 0 Å². The van der Waals surface area contributed by atoms with Crippen LogP contribution in [0.5, 0.6) is 0 Å². The highest BCUT2D eigenvalue weighted by Crippen LogP contribution is 2.43. The molecule has 242 valence electrons. The van der Waals surface area contributed by atoms with Gasteiger partial charge in [0.05, 0.1) is 39.6 Å². The molecule has 3 saturated heterocycles.